The van der Waals surface area contributed by atoms with E-state index in [1.165, 1.54) is 0 Å². The maximum atomic E-state index is 6.07. The molecule has 0 saturated carbocycles. The lowest BCUT2D eigenvalue weighted by molar-refractivity contribution is 0.218. The molecular weight excluding hydrogens is 222 g/mol. The molecular formula is C12H19NO2S. The zero-order valence-corrected chi connectivity index (χ0v) is 10.6. The van der Waals surface area contributed by atoms with Crippen LogP contribution in [0.1, 0.15) is 11.6 Å². The fourth-order valence-electron chi connectivity index (χ4n) is 1.30. The molecule has 1 unspecified atom stereocenters. The van der Waals surface area contributed by atoms with Crippen LogP contribution in [0.5, 0.6) is 5.75 Å². The van der Waals surface area contributed by atoms with Gasteiger partial charge in [-0.15, -0.1) is 0 Å². The Morgan fingerprint density at radius 1 is 1.25 bits per heavy atom. The van der Waals surface area contributed by atoms with Crippen LogP contribution in [0.4, 0.5) is 0 Å². The molecule has 1 aromatic carbocycles. The molecule has 0 heterocycles. The first-order chi connectivity index (χ1) is 7.77. The summed E-state index contributed by atoms with van der Waals surface area (Å²) in [6.45, 7) is 0.778. The third kappa shape index (κ3) is 4.43. The number of nitrogens with two attached hydrogens (primary N) is 1. The largest absolute Gasteiger partial charge is 0.497 e. The number of methoxy groups -OCH3 is 2. The van der Waals surface area contributed by atoms with Crippen LogP contribution >= 0.6 is 11.8 Å². The average Bonchev–Trinajstić information content (AvgIpc) is 2.34. The molecule has 0 aromatic heterocycles. The number of benzene rings is 1. The van der Waals surface area contributed by atoms with Crippen molar-refractivity contribution < 1.29 is 9.47 Å². The van der Waals surface area contributed by atoms with Crippen molar-refractivity contribution in [1.29, 1.82) is 0 Å². The average molecular weight is 241 g/mol. The lowest BCUT2D eigenvalue weighted by Gasteiger charge is -2.12. The van der Waals surface area contributed by atoms with Crippen molar-refractivity contribution in [2.45, 2.75) is 6.04 Å². The second-order valence-electron chi connectivity index (χ2n) is 3.45. The Balaban J connectivity index is 2.37. The zero-order valence-electron chi connectivity index (χ0n) is 9.81. The molecule has 0 aliphatic heterocycles. The van der Waals surface area contributed by atoms with Crippen LogP contribution in [0.25, 0.3) is 0 Å². The summed E-state index contributed by atoms with van der Waals surface area (Å²) in [6.07, 6.45) is 0. The van der Waals surface area contributed by atoms with Gasteiger partial charge in [-0.1, -0.05) is 12.1 Å². The molecule has 1 atom stereocenters. The SMILES string of the molecule is COCCSCC(N)c1ccc(OC)cc1. The van der Waals surface area contributed by atoms with Gasteiger partial charge in [-0.3, -0.25) is 0 Å². The predicted octanol–water partition coefficient (Wildman–Crippen LogP) is 2.07. The normalized spacial score (nSPS) is 12.4. The Morgan fingerprint density at radius 3 is 2.50 bits per heavy atom. The van der Waals surface area contributed by atoms with Crippen LogP contribution in [0.2, 0.25) is 0 Å². The van der Waals surface area contributed by atoms with Crippen LogP contribution in [-0.4, -0.2) is 32.3 Å². The highest BCUT2D eigenvalue weighted by molar-refractivity contribution is 7.99. The quantitative estimate of drug-likeness (QED) is 0.742. The monoisotopic (exact) mass is 241 g/mol. The summed E-state index contributed by atoms with van der Waals surface area (Å²) in [7, 11) is 3.37. The van der Waals surface area contributed by atoms with Crippen molar-refractivity contribution in [3.8, 4) is 5.75 Å². The molecule has 0 aliphatic carbocycles. The summed E-state index contributed by atoms with van der Waals surface area (Å²) >= 11 is 1.81. The van der Waals surface area contributed by atoms with Gasteiger partial charge in [-0.05, 0) is 17.7 Å². The first kappa shape index (κ1) is 13.4. The topological polar surface area (TPSA) is 44.5 Å². The molecule has 0 bridgehead atoms. The lowest BCUT2D eigenvalue weighted by atomic mass is 10.1. The van der Waals surface area contributed by atoms with Gasteiger partial charge in [0.2, 0.25) is 0 Å². The first-order valence-corrected chi connectivity index (χ1v) is 6.39. The number of hydrogen-bond acceptors (Lipinski definition) is 4. The number of ether oxygens (including phenoxy) is 2. The van der Waals surface area contributed by atoms with Crippen molar-refractivity contribution in [2.24, 2.45) is 5.73 Å². The van der Waals surface area contributed by atoms with Gasteiger partial charge in [0.1, 0.15) is 5.75 Å². The highest BCUT2D eigenvalue weighted by atomic mass is 32.2. The molecule has 1 aromatic rings. The third-order valence-electron chi connectivity index (χ3n) is 2.27. The summed E-state index contributed by atoms with van der Waals surface area (Å²) in [5.41, 5.74) is 7.21. The Morgan fingerprint density at radius 2 is 1.94 bits per heavy atom. The van der Waals surface area contributed by atoms with E-state index in [0.29, 0.717) is 0 Å². The minimum Gasteiger partial charge on any atom is -0.497 e. The standard InChI is InChI=1S/C12H19NO2S/c1-14-7-8-16-9-12(13)10-3-5-11(15-2)6-4-10/h3-6,12H,7-9,13H2,1-2H3. The van der Waals surface area contributed by atoms with E-state index in [9.17, 15) is 0 Å². The van der Waals surface area contributed by atoms with E-state index in [4.69, 9.17) is 15.2 Å². The summed E-state index contributed by atoms with van der Waals surface area (Å²) < 4.78 is 10.1. The van der Waals surface area contributed by atoms with Crippen molar-refractivity contribution >= 4 is 11.8 Å². The summed E-state index contributed by atoms with van der Waals surface area (Å²) in [6, 6.07) is 7.98. The highest BCUT2D eigenvalue weighted by Crippen LogP contribution is 2.19. The lowest BCUT2D eigenvalue weighted by Crippen LogP contribution is -2.13. The van der Waals surface area contributed by atoms with Gasteiger partial charge in [0.25, 0.3) is 0 Å². The molecule has 0 aliphatic rings. The smallest absolute Gasteiger partial charge is 0.118 e. The Bertz CT molecular complexity index is 290. The Kier molecular flexibility index (Phi) is 6.30. The van der Waals surface area contributed by atoms with Gasteiger partial charge in [0.15, 0.2) is 0 Å². The molecule has 0 saturated heterocycles. The molecule has 90 valence electrons. The molecule has 0 spiro atoms. The van der Waals surface area contributed by atoms with E-state index >= 15 is 0 Å². The first-order valence-electron chi connectivity index (χ1n) is 5.24. The van der Waals surface area contributed by atoms with E-state index < -0.39 is 0 Å². The van der Waals surface area contributed by atoms with E-state index in [-0.39, 0.29) is 6.04 Å². The summed E-state index contributed by atoms with van der Waals surface area (Å²) in [5, 5.41) is 0. The van der Waals surface area contributed by atoms with E-state index in [1.54, 1.807) is 14.2 Å². The van der Waals surface area contributed by atoms with Gasteiger partial charge < -0.3 is 15.2 Å². The van der Waals surface area contributed by atoms with E-state index in [0.717, 1.165) is 29.4 Å². The third-order valence-corrected chi connectivity index (χ3v) is 3.32. The van der Waals surface area contributed by atoms with Gasteiger partial charge in [0, 0.05) is 24.7 Å². The number of rotatable bonds is 7. The van der Waals surface area contributed by atoms with Gasteiger partial charge >= 0.3 is 0 Å². The molecule has 0 amide bonds. The molecule has 1 rings (SSSR count). The molecule has 0 fully saturated rings. The highest BCUT2D eigenvalue weighted by Gasteiger charge is 2.05. The fourth-order valence-corrected chi connectivity index (χ4v) is 2.20. The Hall–Kier alpha value is -0.710. The van der Waals surface area contributed by atoms with Crippen LogP contribution in [0.15, 0.2) is 24.3 Å². The number of thioether (sulfide) groups is 1. The molecule has 4 heteroatoms. The van der Waals surface area contributed by atoms with Crippen molar-refractivity contribution in [2.75, 3.05) is 32.3 Å². The minimum absolute atomic E-state index is 0.0766. The zero-order chi connectivity index (χ0) is 11.8. The summed E-state index contributed by atoms with van der Waals surface area (Å²) in [4.78, 5) is 0. The second-order valence-corrected chi connectivity index (χ2v) is 4.60. The van der Waals surface area contributed by atoms with Crippen LogP contribution in [0.3, 0.4) is 0 Å². The minimum atomic E-state index is 0.0766. The molecule has 2 N–H and O–H groups in total. The molecule has 16 heavy (non-hydrogen) atoms. The van der Waals surface area contributed by atoms with E-state index in [1.807, 2.05) is 36.0 Å². The van der Waals surface area contributed by atoms with Crippen molar-refractivity contribution in [3.63, 3.8) is 0 Å². The van der Waals surface area contributed by atoms with E-state index in [2.05, 4.69) is 0 Å². The molecule has 0 radical (unpaired) electrons. The maximum Gasteiger partial charge on any atom is 0.118 e. The second kappa shape index (κ2) is 7.54. The van der Waals surface area contributed by atoms with Gasteiger partial charge in [-0.2, -0.15) is 11.8 Å². The maximum absolute atomic E-state index is 6.07. The number of hydrogen-bond donors (Lipinski definition) is 1. The summed E-state index contributed by atoms with van der Waals surface area (Å²) in [5.74, 6) is 2.76. The Labute approximate surface area is 101 Å². The predicted molar refractivity (Wildman–Crippen MR) is 69.1 cm³/mol. The van der Waals surface area contributed by atoms with Crippen molar-refractivity contribution in [1.82, 2.24) is 0 Å². The van der Waals surface area contributed by atoms with Crippen LogP contribution in [-0.2, 0) is 4.74 Å². The fraction of sp³-hybridized carbons (Fsp3) is 0.500. The van der Waals surface area contributed by atoms with Crippen LogP contribution < -0.4 is 10.5 Å². The van der Waals surface area contributed by atoms with Crippen LogP contribution in [0, 0.1) is 0 Å². The molecule has 3 nitrogen and oxygen atoms in total. The van der Waals surface area contributed by atoms with Gasteiger partial charge in [0.05, 0.1) is 13.7 Å². The van der Waals surface area contributed by atoms with Gasteiger partial charge in [-0.25, -0.2) is 0 Å². The van der Waals surface area contributed by atoms with Crippen molar-refractivity contribution in [3.05, 3.63) is 29.8 Å².